The van der Waals surface area contributed by atoms with Crippen LogP contribution in [0.15, 0.2) is 48.6 Å². The van der Waals surface area contributed by atoms with Crippen LogP contribution in [0.4, 0.5) is 0 Å². The molecule has 3 unspecified atom stereocenters. The summed E-state index contributed by atoms with van der Waals surface area (Å²) in [6.07, 6.45) is 96.9. The van der Waals surface area contributed by atoms with E-state index in [1.807, 2.05) is 21.1 Å². The van der Waals surface area contributed by atoms with Crippen LogP contribution in [-0.2, 0) is 18.4 Å². The van der Waals surface area contributed by atoms with E-state index < -0.39 is 20.0 Å². The number of carbonyl (C=O) groups is 1. The van der Waals surface area contributed by atoms with Gasteiger partial charge < -0.3 is 19.8 Å². The minimum absolute atomic E-state index is 0.0771. The second-order valence-corrected chi connectivity index (χ2v) is 29.9. The van der Waals surface area contributed by atoms with Crippen molar-refractivity contribution in [3.63, 3.8) is 0 Å². The van der Waals surface area contributed by atoms with Crippen molar-refractivity contribution in [1.82, 2.24) is 5.32 Å². The molecule has 0 heterocycles. The number of likely N-dealkylation sites (N-methyl/N-ethyl adjacent to an activating group) is 1. The molecule has 0 saturated heterocycles. The summed E-state index contributed by atoms with van der Waals surface area (Å²) in [7, 11) is 1.64. The second kappa shape index (κ2) is 70.8. The maximum atomic E-state index is 13.1. The average Bonchev–Trinajstić information content (AvgIpc) is 3.57. The fourth-order valence-electron chi connectivity index (χ4n) is 12.3. The largest absolute Gasteiger partial charge is 0.472 e. The molecule has 526 valence electrons. The number of rotatable bonds is 74. The Morgan fingerprint density at radius 2 is 0.674 bits per heavy atom. The summed E-state index contributed by atoms with van der Waals surface area (Å²) in [5, 5.41) is 14.2. The van der Waals surface area contributed by atoms with E-state index in [9.17, 15) is 19.4 Å². The monoisotopic (exact) mass is 1270 g/mol. The standard InChI is InChI=1S/C80H155N2O6P/c1-6-8-10-12-14-16-18-20-22-24-26-28-30-32-34-36-38-39-40-41-42-43-44-46-48-50-52-54-56-58-60-62-64-66-68-70-72-74-80(84)81-78(77-88-89(85,86)87-76-75-82(3,4)5)79(83)73-71-69-67-65-63-61-59-57-55-53-51-49-47-45-37-35-33-31-29-27-25-23-21-19-17-15-13-11-9-7-2/h8,10,14,16,20,22,26,28,78-79,83H,6-7,9,11-13,15,17-19,21,23-25,27,29-77H2,1-5H3,(H-,81,84,85,86)/p+1/b10-8-,16-14-,22-20-,28-26-. The average molecular weight is 1270 g/mol. The molecule has 0 bridgehead atoms. The molecule has 1 amide bonds. The highest BCUT2D eigenvalue weighted by molar-refractivity contribution is 7.47. The molecule has 0 spiro atoms. The molecule has 89 heavy (non-hydrogen) atoms. The van der Waals surface area contributed by atoms with E-state index >= 15 is 0 Å². The third-order valence-electron chi connectivity index (χ3n) is 18.3. The van der Waals surface area contributed by atoms with Gasteiger partial charge in [0.1, 0.15) is 13.2 Å². The molecule has 0 aliphatic rings. The Kier molecular flexibility index (Phi) is 69.5. The molecule has 3 atom stereocenters. The Bertz CT molecular complexity index is 1590. The Labute approximate surface area is 556 Å². The van der Waals surface area contributed by atoms with Gasteiger partial charge in [0.2, 0.25) is 5.91 Å². The zero-order valence-electron chi connectivity index (χ0n) is 60.5. The SMILES string of the molecule is CC/C=C\C/C=C\C/C=C\C/C=C\CCCCCCCCCCCCCCCCCCCCCCCCCCC(=O)NC(COP(=O)(O)OCC[N+](C)(C)C)C(O)CCCCCCCCCCCCCCCCCCCCCCCCCCCCCCCC. The third kappa shape index (κ3) is 73.7. The number of amides is 1. The first-order valence-electron chi connectivity index (χ1n) is 39.5. The summed E-state index contributed by atoms with van der Waals surface area (Å²) in [6, 6.07) is -0.761. The van der Waals surface area contributed by atoms with Crippen LogP contribution in [0.2, 0.25) is 0 Å². The van der Waals surface area contributed by atoms with E-state index in [0.717, 1.165) is 64.2 Å². The van der Waals surface area contributed by atoms with E-state index in [-0.39, 0.29) is 19.1 Å². The van der Waals surface area contributed by atoms with Crippen LogP contribution in [0.1, 0.15) is 406 Å². The number of nitrogens with one attached hydrogen (secondary N) is 1. The summed E-state index contributed by atoms with van der Waals surface area (Å²) in [5.74, 6) is -0.135. The highest BCUT2D eigenvalue weighted by atomic mass is 31.2. The molecule has 0 aromatic heterocycles. The first-order valence-corrected chi connectivity index (χ1v) is 41.0. The summed E-state index contributed by atoms with van der Waals surface area (Å²) >= 11 is 0. The van der Waals surface area contributed by atoms with Gasteiger partial charge in [-0.15, -0.1) is 0 Å². The van der Waals surface area contributed by atoms with Gasteiger partial charge in [0.15, 0.2) is 0 Å². The maximum Gasteiger partial charge on any atom is 0.472 e. The highest BCUT2D eigenvalue weighted by Crippen LogP contribution is 2.43. The van der Waals surface area contributed by atoms with E-state index in [4.69, 9.17) is 9.05 Å². The van der Waals surface area contributed by atoms with Crippen LogP contribution in [0, 0.1) is 0 Å². The van der Waals surface area contributed by atoms with E-state index in [0.29, 0.717) is 23.9 Å². The number of allylic oxidation sites excluding steroid dienone is 8. The lowest BCUT2D eigenvalue weighted by atomic mass is 10.0. The van der Waals surface area contributed by atoms with Crippen molar-refractivity contribution in [2.45, 2.75) is 418 Å². The number of aliphatic hydroxyl groups excluding tert-OH is 1. The van der Waals surface area contributed by atoms with Gasteiger partial charge in [-0.3, -0.25) is 13.8 Å². The van der Waals surface area contributed by atoms with Gasteiger partial charge >= 0.3 is 7.82 Å². The van der Waals surface area contributed by atoms with Gasteiger partial charge in [0, 0.05) is 6.42 Å². The molecule has 0 aliphatic heterocycles. The molecule has 0 aromatic rings. The van der Waals surface area contributed by atoms with Crippen molar-refractivity contribution in [3.8, 4) is 0 Å². The van der Waals surface area contributed by atoms with Crippen molar-refractivity contribution in [1.29, 1.82) is 0 Å². The smallest absolute Gasteiger partial charge is 0.391 e. The van der Waals surface area contributed by atoms with Crippen molar-refractivity contribution in [2.24, 2.45) is 0 Å². The number of phosphoric ester groups is 1. The first-order chi connectivity index (χ1) is 43.5. The molecule has 0 radical (unpaired) electrons. The van der Waals surface area contributed by atoms with Gasteiger partial charge in [-0.1, -0.05) is 396 Å². The molecule has 9 heteroatoms. The fourth-order valence-corrected chi connectivity index (χ4v) is 13.0. The quantitative estimate of drug-likeness (QED) is 0.0243. The lowest BCUT2D eigenvalue weighted by Crippen LogP contribution is -2.46. The third-order valence-corrected chi connectivity index (χ3v) is 19.3. The van der Waals surface area contributed by atoms with Gasteiger partial charge in [-0.25, -0.2) is 4.57 Å². The fraction of sp³-hybridized carbons (Fsp3) is 0.887. The summed E-state index contributed by atoms with van der Waals surface area (Å²) in [6.45, 7) is 4.84. The number of phosphoric acid groups is 1. The number of aliphatic hydroxyl groups is 1. The molecule has 0 aliphatic carbocycles. The Morgan fingerprint density at radius 1 is 0.393 bits per heavy atom. The number of unbranched alkanes of at least 4 members (excludes halogenated alkanes) is 53. The normalized spacial score (nSPS) is 13.7. The summed E-state index contributed by atoms with van der Waals surface area (Å²) < 4.78 is 24.0. The lowest BCUT2D eigenvalue weighted by Gasteiger charge is -2.26. The second-order valence-electron chi connectivity index (χ2n) is 28.4. The van der Waals surface area contributed by atoms with Crippen molar-refractivity contribution >= 4 is 13.7 Å². The number of hydrogen-bond acceptors (Lipinski definition) is 5. The predicted octanol–water partition coefficient (Wildman–Crippen LogP) is 25.7. The van der Waals surface area contributed by atoms with Crippen molar-refractivity contribution in [2.75, 3.05) is 40.9 Å². The minimum atomic E-state index is -4.33. The molecule has 3 N–H and O–H groups in total. The van der Waals surface area contributed by atoms with Crippen LogP contribution in [0.3, 0.4) is 0 Å². The van der Waals surface area contributed by atoms with Crippen LogP contribution in [-0.4, -0.2) is 73.4 Å². The summed E-state index contributed by atoms with van der Waals surface area (Å²) in [5.41, 5.74) is 0. The Balaban J connectivity index is 3.91. The zero-order valence-corrected chi connectivity index (χ0v) is 61.3. The van der Waals surface area contributed by atoms with Gasteiger partial charge in [-0.05, 0) is 51.4 Å². The molecule has 0 aromatic carbocycles. The highest BCUT2D eigenvalue weighted by Gasteiger charge is 2.28. The first kappa shape index (κ1) is 87.5. The lowest BCUT2D eigenvalue weighted by molar-refractivity contribution is -0.870. The van der Waals surface area contributed by atoms with Crippen LogP contribution >= 0.6 is 7.82 Å². The molecular formula is C80H156N2O6P+. The van der Waals surface area contributed by atoms with Crippen LogP contribution in [0.5, 0.6) is 0 Å². The predicted molar refractivity (Wildman–Crippen MR) is 392 cm³/mol. The molecule has 8 nitrogen and oxygen atoms in total. The minimum Gasteiger partial charge on any atom is -0.391 e. The van der Waals surface area contributed by atoms with Crippen LogP contribution < -0.4 is 5.32 Å². The van der Waals surface area contributed by atoms with E-state index in [1.54, 1.807) is 0 Å². The topological polar surface area (TPSA) is 105 Å². The number of hydrogen-bond donors (Lipinski definition) is 3. The number of carbonyl (C=O) groups excluding carboxylic acids is 1. The van der Waals surface area contributed by atoms with Gasteiger partial charge in [-0.2, -0.15) is 0 Å². The van der Waals surface area contributed by atoms with E-state index in [2.05, 4.69) is 67.8 Å². The van der Waals surface area contributed by atoms with Gasteiger partial charge in [0.05, 0.1) is 39.9 Å². The molecule has 0 rings (SSSR count). The maximum absolute atomic E-state index is 13.1. The van der Waals surface area contributed by atoms with Crippen molar-refractivity contribution in [3.05, 3.63) is 48.6 Å². The molecular weight excluding hydrogens is 1120 g/mol. The molecule has 0 fully saturated rings. The summed E-state index contributed by atoms with van der Waals surface area (Å²) in [4.78, 5) is 23.5. The van der Waals surface area contributed by atoms with E-state index in [1.165, 1.54) is 315 Å². The Morgan fingerprint density at radius 3 is 0.989 bits per heavy atom. The zero-order chi connectivity index (χ0) is 64.8. The number of nitrogens with zero attached hydrogens (tertiary/aromatic N) is 1. The van der Waals surface area contributed by atoms with Gasteiger partial charge in [0.25, 0.3) is 0 Å². The number of quaternary nitrogens is 1. The molecule has 0 saturated carbocycles. The van der Waals surface area contributed by atoms with Crippen LogP contribution in [0.25, 0.3) is 0 Å². The Hall–Kier alpha value is -1.54. The van der Waals surface area contributed by atoms with Crippen molar-refractivity contribution < 1.29 is 32.9 Å².